The number of hydrogen-bond donors (Lipinski definition) is 2. The van der Waals surface area contributed by atoms with E-state index in [1.807, 2.05) is 0 Å². The van der Waals surface area contributed by atoms with Crippen molar-refractivity contribution in [3.8, 4) is 0 Å². The first-order valence-electron chi connectivity index (χ1n) is 6.90. The Bertz CT molecular complexity index is 552. The molecule has 2 N–H and O–H groups in total. The van der Waals surface area contributed by atoms with E-state index >= 15 is 0 Å². The normalized spacial score (nSPS) is 24.1. The number of likely N-dealkylation sites (tertiary alicyclic amines) is 1. The van der Waals surface area contributed by atoms with Gasteiger partial charge in [-0.25, -0.2) is 14.6 Å². The minimum Gasteiger partial charge on any atom is -0.480 e. The van der Waals surface area contributed by atoms with E-state index in [1.165, 1.54) is 28.2 Å². The SMILES string of the molecule is COC1CC(C(=O)O)N(C(=O)Nc2nc3c(s2)CCC3)C1. The van der Waals surface area contributed by atoms with Crippen LogP contribution in [0.4, 0.5) is 9.93 Å². The van der Waals surface area contributed by atoms with E-state index in [-0.39, 0.29) is 12.6 Å². The molecule has 1 aromatic rings. The second-order valence-electron chi connectivity index (χ2n) is 5.27. The molecule has 2 atom stereocenters. The molecule has 3 rings (SSSR count). The lowest BCUT2D eigenvalue weighted by Gasteiger charge is -2.20. The standard InChI is InChI=1S/C13H17N3O4S/c1-20-7-5-9(11(17)18)16(6-7)13(19)15-12-14-8-3-2-4-10(8)21-12/h7,9H,2-6H2,1H3,(H,17,18)(H,14,15,19). The smallest absolute Gasteiger partial charge is 0.326 e. The van der Waals surface area contributed by atoms with Crippen molar-refractivity contribution < 1.29 is 19.4 Å². The molecule has 0 bridgehead atoms. The molecule has 21 heavy (non-hydrogen) atoms. The zero-order chi connectivity index (χ0) is 15.0. The van der Waals surface area contributed by atoms with Gasteiger partial charge in [-0.2, -0.15) is 0 Å². The molecule has 1 fully saturated rings. The van der Waals surface area contributed by atoms with Crippen molar-refractivity contribution in [1.29, 1.82) is 0 Å². The summed E-state index contributed by atoms with van der Waals surface area (Å²) in [7, 11) is 1.52. The summed E-state index contributed by atoms with van der Waals surface area (Å²) in [5, 5.41) is 12.5. The van der Waals surface area contributed by atoms with Gasteiger partial charge in [-0.15, -0.1) is 11.3 Å². The molecule has 1 aliphatic carbocycles. The topological polar surface area (TPSA) is 91.8 Å². The van der Waals surface area contributed by atoms with Crippen molar-refractivity contribution in [3.63, 3.8) is 0 Å². The van der Waals surface area contributed by atoms with Gasteiger partial charge in [0.25, 0.3) is 0 Å². The Labute approximate surface area is 125 Å². The molecule has 2 heterocycles. The molecule has 0 spiro atoms. The number of aromatic nitrogens is 1. The number of hydrogen-bond acceptors (Lipinski definition) is 5. The van der Waals surface area contributed by atoms with Gasteiger partial charge in [0, 0.05) is 25.0 Å². The van der Waals surface area contributed by atoms with E-state index < -0.39 is 18.0 Å². The molecule has 1 saturated heterocycles. The largest absolute Gasteiger partial charge is 0.480 e. The maximum atomic E-state index is 12.3. The first-order valence-corrected chi connectivity index (χ1v) is 7.72. The van der Waals surface area contributed by atoms with Crippen molar-refractivity contribution in [2.45, 2.75) is 37.8 Å². The Morgan fingerprint density at radius 3 is 2.95 bits per heavy atom. The van der Waals surface area contributed by atoms with Gasteiger partial charge in [0.05, 0.1) is 11.8 Å². The highest BCUT2D eigenvalue weighted by Crippen LogP contribution is 2.31. The maximum Gasteiger partial charge on any atom is 0.326 e. The van der Waals surface area contributed by atoms with E-state index in [9.17, 15) is 14.7 Å². The van der Waals surface area contributed by atoms with Gasteiger partial charge in [0.1, 0.15) is 6.04 Å². The Kier molecular flexibility index (Phi) is 3.81. The number of amides is 2. The van der Waals surface area contributed by atoms with Gasteiger partial charge in [-0.1, -0.05) is 0 Å². The maximum absolute atomic E-state index is 12.3. The summed E-state index contributed by atoms with van der Waals surface area (Å²) >= 11 is 1.48. The van der Waals surface area contributed by atoms with Crippen LogP contribution in [0.15, 0.2) is 0 Å². The molecule has 8 heteroatoms. The predicted octanol–water partition coefficient (Wildman–Crippen LogP) is 1.34. The lowest BCUT2D eigenvalue weighted by atomic mass is 10.2. The van der Waals surface area contributed by atoms with Crippen LogP contribution in [0, 0.1) is 0 Å². The fourth-order valence-corrected chi connectivity index (χ4v) is 3.87. The number of methoxy groups -OCH3 is 1. The minimum atomic E-state index is -1.01. The average molecular weight is 311 g/mol. The number of aryl methyl sites for hydroxylation is 2. The van der Waals surface area contributed by atoms with E-state index in [2.05, 4.69) is 10.3 Å². The Morgan fingerprint density at radius 2 is 2.29 bits per heavy atom. The zero-order valence-corrected chi connectivity index (χ0v) is 12.5. The number of carboxylic acids is 1. The average Bonchev–Trinajstić information content (AvgIpc) is 3.10. The number of thiazole rings is 1. The van der Waals surface area contributed by atoms with Crippen LogP contribution in [0.2, 0.25) is 0 Å². The van der Waals surface area contributed by atoms with Gasteiger partial charge in [0.2, 0.25) is 0 Å². The minimum absolute atomic E-state index is 0.238. The number of nitrogens with one attached hydrogen (secondary N) is 1. The summed E-state index contributed by atoms with van der Waals surface area (Å²) in [6, 6.07) is -1.27. The van der Waals surface area contributed by atoms with Crippen LogP contribution < -0.4 is 5.32 Å². The number of carbonyl (C=O) groups is 2. The highest BCUT2D eigenvalue weighted by Gasteiger charge is 2.40. The number of ether oxygens (including phenoxy) is 1. The van der Waals surface area contributed by atoms with Crippen LogP contribution in [-0.4, -0.2) is 52.8 Å². The van der Waals surface area contributed by atoms with Crippen LogP contribution in [0.5, 0.6) is 0 Å². The predicted molar refractivity (Wildman–Crippen MR) is 76.7 cm³/mol. The van der Waals surface area contributed by atoms with Gasteiger partial charge in [0.15, 0.2) is 5.13 Å². The number of carboxylic acid groups (broad SMARTS) is 1. The van der Waals surface area contributed by atoms with Gasteiger partial charge in [-0.05, 0) is 19.3 Å². The molecule has 2 amide bonds. The first-order chi connectivity index (χ1) is 10.1. The van der Waals surface area contributed by atoms with Crippen molar-refractivity contribution in [2.75, 3.05) is 19.0 Å². The van der Waals surface area contributed by atoms with Gasteiger partial charge >= 0.3 is 12.0 Å². The highest BCUT2D eigenvalue weighted by atomic mass is 32.1. The highest BCUT2D eigenvalue weighted by molar-refractivity contribution is 7.15. The molecule has 1 aliphatic heterocycles. The van der Waals surface area contributed by atoms with E-state index in [0.29, 0.717) is 11.6 Å². The molecular weight excluding hydrogens is 294 g/mol. The lowest BCUT2D eigenvalue weighted by molar-refractivity contribution is -0.141. The number of urea groups is 1. The Balaban J connectivity index is 1.70. The molecular formula is C13H17N3O4S. The molecule has 1 aromatic heterocycles. The van der Waals surface area contributed by atoms with Crippen molar-refractivity contribution in [2.24, 2.45) is 0 Å². The summed E-state index contributed by atoms with van der Waals surface area (Å²) < 4.78 is 5.17. The first kappa shape index (κ1) is 14.3. The molecule has 0 aromatic carbocycles. The second-order valence-corrected chi connectivity index (χ2v) is 6.36. The molecule has 2 aliphatic rings. The van der Waals surface area contributed by atoms with Crippen molar-refractivity contribution in [1.82, 2.24) is 9.88 Å². The third-order valence-electron chi connectivity index (χ3n) is 3.95. The summed E-state index contributed by atoms with van der Waals surface area (Å²) in [5.74, 6) is -1.01. The van der Waals surface area contributed by atoms with Gasteiger partial charge in [-0.3, -0.25) is 5.32 Å². The van der Waals surface area contributed by atoms with Crippen LogP contribution in [0.3, 0.4) is 0 Å². The van der Waals surface area contributed by atoms with Crippen molar-refractivity contribution >= 4 is 28.5 Å². The second kappa shape index (κ2) is 5.61. The number of nitrogens with zero attached hydrogens (tertiary/aromatic N) is 2. The monoisotopic (exact) mass is 311 g/mol. The fourth-order valence-electron chi connectivity index (χ4n) is 2.83. The van der Waals surface area contributed by atoms with Gasteiger partial charge < -0.3 is 14.7 Å². The summed E-state index contributed by atoms with van der Waals surface area (Å²) in [4.78, 5) is 30.5. The number of anilines is 1. The number of rotatable bonds is 3. The molecule has 0 saturated carbocycles. The number of carbonyl (C=O) groups excluding carboxylic acids is 1. The van der Waals surface area contributed by atoms with Crippen LogP contribution >= 0.6 is 11.3 Å². The summed E-state index contributed by atoms with van der Waals surface area (Å²) in [5.41, 5.74) is 1.06. The lowest BCUT2D eigenvalue weighted by Crippen LogP contribution is -2.43. The van der Waals surface area contributed by atoms with E-state index in [1.54, 1.807) is 0 Å². The Morgan fingerprint density at radius 1 is 1.48 bits per heavy atom. The summed E-state index contributed by atoms with van der Waals surface area (Å²) in [6.45, 7) is 0.282. The zero-order valence-electron chi connectivity index (χ0n) is 11.7. The Hall–Kier alpha value is -1.67. The van der Waals surface area contributed by atoms with E-state index in [0.717, 1.165) is 25.0 Å². The van der Waals surface area contributed by atoms with Crippen LogP contribution in [0.1, 0.15) is 23.4 Å². The number of fused-ring (bicyclic) bond motifs is 1. The van der Waals surface area contributed by atoms with Crippen LogP contribution in [0.25, 0.3) is 0 Å². The molecule has 2 unspecified atom stereocenters. The molecule has 7 nitrogen and oxygen atoms in total. The number of aliphatic carboxylic acids is 1. The fraction of sp³-hybridized carbons (Fsp3) is 0.615. The van der Waals surface area contributed by atoms with Crippen LogP contribution in [-0.2, 0) is 22.4 Å². The third-order valence-corrected chi connectivity index (χ3v) is 5.02. The quantitative estimate of drug-likeness (QED) is 0.879. The third kappa shape index (κ3) is 2.73. The van der Waals surface area contributed by atoms with E-state index in [4.69, 9.17) is 4.74 Å². The molecule has 114 valence electrons. The van der Waals surface area contributed by atoms with Crippen molar-refractivity contribution in [3.05, 3.63) is 10.6 Å². The molecule has 0 radical (unpaired) electrons. The summed E-state index contributed by atoms with van der Waals surface area (Å²) in [6.07, 6.45) is 3.15.